The summed E-state index contributed by atoms with van der Waals surface area (Å²) >= 11 is 0. The molecule has 0 atom stereocenters. The first-order chi connectivity index (χ1) is 3.72. The van der Waals surface area contributed by atoms with Gasteiger partial charge in [0.05, 0.1) is 0 Å². The zero-order valence-corrected chi connectivity index (χ0v) is 8.09. The molecule has 0 nitrogen and oxygen atoms in total. The van der Waals surface area contributed by atoms with Gasteiger partial charge in [-0.05, 0) is 0 Å². The molecule has 47 valence electrons. The van der Waals surface area contributed by atoms with E-state index in [0.717, 1.165) is 6.42 Å². The van der Waals surface area contributed by atoms with E-state index in [1.54, 1.807) is 0 Å². The molecule has 0 saturated carbocycles. The van der Waals surface area contributed by atoms with E-state index in [0.29, 0.717) is 0 Å². The second kappa shape index (κ2) is 3.50. The van der Waals surface area contributed by atoms with E-state index < -0.39 is 0 Å². The molecule has 1 aliphatic rings. The Morgan fingerprint density at radius 2 is 1.78 bits per heavy atom. The van der Waals surface area contributed by atoms with Crippen molar-refractivity contribution in [3.05, 3.63) is 22.8 Å². The standard InChI is InChI=1S/C8H11.Sc/c1-6-4-5-7(2)8(6)3;/h4H2,1-3H3;/q-1;. The number of hydrogen-bond acceptors (Lipinski definition) is 0. The summed E-state index contributed by atoms with van der Waals surface area (Å²) in [4.78, 5) is 0. The Morgan fingerprint density at radius 3 is 1.89 bits per heavy atom. The second-order valence-corrected chi connectivity index (χ2v) is 2.38. The van der Waals surface area contributed by atoms with Crippen LogP contribution in [-0.4, -0.2) is 0 Å². The van der Waals surface area contributed by atoms with E-state index in [1.165, 1.54) is 16.7 Å². The maximum Gasteiger partial charge on any atom is 0 e. The summed E-state index contributed by atoms with van der Waals surface area (Å²) in [6.45, 7) is 6.44. The van der Waals surface area contributed by atoms with Crippen LogP contribution in [0.2, 0.25) is 0 Å². The van der Waals surface area contributed by atoms with Gasteiger partial charge in [0.15, 0.2) is 0 Å². The molecule has 9 heavy (non-hydrogen) atoms. The van der Waals surface area contributed by atoms with Crippen molar-refractivity contribution in [3.8, 4) is 0 Å². The van der Waals surface area contributed by atoms with Gasteiger partial charge in [0.25, 0.3) is 0 Å². The summed E-state index contributed by atoms with van der Waals surface area (Å²) in [5.74, 6) is 0. The fourth-order valence-corrected chi connectivity index (χ4v) is 0.850. The molecule has 0 bridgehead atoms. The summed E-state index contributed by atoms with van der Waals surface area (Å²) in [7, 11) is 0. The molecule has 1 heteroatoms. The van der Waals surface area contributed by atoms with Gasteiger partial charge in [-0.2, -0.15) is 11.1 Å². The van der Waals surface area contributed by atoms with Crippen LogP contribution >= 0.6 is 0 Å². The summed E-state index contributed by atoms with van der Waals surface area (Å²) in [5.41, 5.74) is 4.25. The first-order valence-electron chi connectivity index (χ1n) is 2.96. The molecule has 1 aliphatic carbocycles. The fraction of sp³-hybridized carbons (Fsp3) is 0.500. The Hall–Kier alpha value is 0.350. The molecule has 0 heterocycles. The molecular formula is C8H11Sc-. The Bertz CT molecular complexity index is 158. The van der Waals surface area contributed by atoms with E-state index in [1.807, 2.05) is 0 Å². The largest absolute Gasteiger partial charge is 0.269 e. The molecule has 0 N–H and O–H groups in total. The predicted octanol–water partition coefficient (Wildman–Crippen LogP) is 2.47. The number of hydrogen-bond donors (Lipinski definition) is 0. The van der Waals surface area contributed by atoms with Crippen LogP contribution < -0.4 is 0 Å². The van der Waals surface area contributed by atoms with Gasteiger partial charge in [0, 0.05) is 25.8 Å². The summed E-state index contributed by atoms with van der Waals surface area (Å²) < 4.78 is 0. The molecular weight excluding hydrogens is 141 g/mol. The van der Waals surface area contributed by atoms with Crippen molar-refractivity contribution in [3.63, 3.8) is 0 Å². The summed E-state index contributed by atoms with van der Waals surface area (Å²) in [6.07, 6.45) is 4.31. The topological polar surface area (TPSA) is 0 Å². The zero-order chi connectivity index (χ0) is 6.15. The van der Waals surface area contributed by atoms with Crippen molar-refractivity contribution in [1.82, 2.24) is 0 Å². The monoisotopic (exact) mass is 152 g/mol. The quantitative estimate of drug-likeness (QED) is 0.468. The van der Waals surface area contributed by atoms with Gasteiger partial charge in [-0.1, -0.05) is 13.8 Å². The van der Waals surface area contributed by atoms with Crippen LogP contribution in [0.1, 0.15) is 27.2 Å². The Balaban J connectivity index is 0.000000640. The zero-order valence-electron chi connectivity index (χ0n) is 6.28. The van der Waals surface area contributed by atoms with E-state index in [4.69, 9.17) is 0 Å². The molecule has 1 radical (unpaired) electrons. The van der Waals surface area contributed by atoms with Crippen LogP contribution in [0.4, 0.5) is 0 Å². The van der Waals surface area contributed by atoms with Crippen LogP contribution in [-0.2, 0) is 25.8 Å². The van der Waals surface area contributed by atoms with Gasteiger partial charge in [0.2, 0.25) is 0 Å². The van der Waals surface area contributed by atoms with Gasteiger partial charge in [-0.15, -0.1) is 13.3 Å². The van der Waals surface area contributed by atoms with Gasteiger partial charge < -0.3 is 0 Å². The minimum Gasteiger partial charge on any atom is -0.269 e. The predicted molar refractivity (Wildman–Crippen MR) is 35.4 cm³/mol. The van der Waals surface area contributed by atoms with Crippen LogP contribution in [0.15, 0.2) is 16.7 Å². The molecule has 0 aromatic rings. The fourth-order valence-electron chi connectivity index (χ4n) is 0.850. The molecule has 0 aromatic carbocycles. The van der Waals surface area contributed by atoms with Crippen LogP contribution in [0, 0.1) is 6.08 Å². The van der Waals surface area contributed by atoms with Gasteiger partial charge in [-0.3, -0.25) is 6.08 Å². The van der Waals surface area contributed by atoms with Gasteiger partial charge in [0.1, 0.15) is 0 Å². The van der Waals surface area contributed by atoms with E-state index >= 15 is 0 Å². The number of allylic oxidation sites excluding steroid dienone is 4. The molecule has 0 aromatic heterocycles. The molecule has 1 rings (SSSR count). The minimum absolute atomic E-state index is 0. The Labute approximate surface area is 75.8 Å². The van der Waals surface area contributed by atoms with Crippen molar-refractivity contribution in [2.75, 3.05) is 0 Å². The molecule has 0 spiro atoms. The minimum atomic E-state index is 0. The molecule has 0 amide bonds. The normalized spacial score (nSPS) is 17.4. The molecule has 0 aliphatic heterocycles. The van der Waals surface area contributed by atoms with Gasteiger partial charge in [-0.25, -0.2) is 5.57 Å². The third-order valence-electron chi connectivity index (χ3n) is 1.82. The third kappa shape index (κ3) is 1.89. The van der Waals surface area contributed by atoms with Crippen molar-refractivity contribution in [2.24, 2.45) is 0 Å². The molecule has 0 unspecified atom stereocenters. The van der Waals surface area contributed by atoms with Crippen molar-refractivity contribution in [1.29, 1.82) is 0 Å². The van der Waals surface area contributed by atoms with Crippen molar-refractivity contribution >= 4 is 0 Å². The van der Waals surface area contributed by atoms with Crippen molar-refractivity contribution < 1.29 is 25.8 Å². The third-order valence-corrected chi connectivity index (χ3v) is 1.82. The van der Waals surface area contributed by atoms with Crippen LogP contribution in [0.5, 0.6) is 0 Å². The maximum atomic E-state index is 3.26. The average Bonchev–Trinajstić information content (AvgIpc) is 1.98. The Kier molecular flexibility index (Phi) is 3.64. The van der Waals surface area contributed by atoms with Crippen molar-refractivity contribution in [2.45, 2.75) is 27.2 Å². The SMILES string of the molecule is CC1=[C-]CC(C)=C1C.[Sc]. The van der Waals surface area contributed by atoms with Crippen LogP contribution in [0.3, 0.4) is 0 Å². The molecule has 0 saturated heterocycles. The smallest absolute Gasteiger partial charge is 0 e. The first kappa shape index (κ1) is 9.35. The van der Waals surface area contributed by atoms with E-state index in [-0.39, 0.29) is 25.8 Å². The number of rotatable bonds is 0. The first-order valence-corrected chi connectivity index (χ1v) is 2.96. The molecule has 0 fully saturated rings. The second-order valence-electron chi connectivity index (χ2n) is 2.38. The van der Waals surface area contributed by atoms with Crippen LogP contribution in [0.25, 0.3) is 0 Å². The van der Waals surface area contributed by atoms with Gasteiger partial charge >= 0.3 is 0 Å². The van der Waals surface area contributed by atoms with E-state index in [9.17, 15) is 0 Å². The van der Waals surface area contributed by atoms with E-state index in [2.05, 4.69) is 26.8 Å². The summed E-state index contributed by atoms with van der Waals surface area (Å²) in [6, 6.07) is 0. The average molecular weight is 152 g/mol. The Morgan fingerprint density at radius 1 is 1.22 bits per heavy atom. The summed E-state index contributed by atoms with van der Waals surface area (Å²) in [5, 5.41) is 0. The maximum absolute atomic E-state index is 3.26.